The third-order valence-electron chi connectivity index (χ3n) is 4.09. The molecule has 0 aromatic carbocycles. The average Bonchev–Trinajstić information content (AvgIpc) is 2.89. The van der Waals surface area contributed by atoms with Crippen LogP contribution in [0.3, 0.4) is 0 Å². The second-order valence-corrected chi connectivity index (χ2v) is 5.25. The van der Waals surface area contributed by atoms with Gasteiger partial charge in [0, 0.05) is 13.0 Å². The third-order valence-corrected chi connectivity index (χ3v) is 4.09. The highest BCUT2D eigenvalue weighted by molar-refractivity contribution is 5.02. The van der Waals surface area contributed by atoms with Gasteiger partial charge in [-0.25, -0.2) is 0 Å². The maximum Gasteiger partial charge on any atom is 0.229 e. The quantitative estimate of drug-likeness (QED) is 0.893. The van der Waals surface area contributed by atoms with Crippen molar-refractivity contribution in [2.24, 2.45) is 0 Å². The van der Waals surface area contributed by atoms with Crippen molar-refractivity contribution >= 4 is 0 Å². The van der Waals surface area contributed by atoms with Gasteiger partial charge in [0.2, 0.25) is 11.7 Å². The zero-order valence-electron chi connectivity index (χ0n) is 11.3. The molecule has 0 bridgehead atoms. The van der Waals surface area contributed by atoms with E-state index < -0.39 is 5.60 Å². The summed E-state index contributed by atoms with van der Waals surface area (Å²) in [5.74, 6) is 1.59. The second-order valence-electron chi connectivity index (χ2n) is 5.25. The molecule has 0 radical (unpaired) electrons. The summed E-state index contributed by atoms with van der Waals surface area (Å²) in [6.07, 6.45) is 4.10. The van der Waals surface area contributed by atoms with Crippen molar-refractivity contribution < 1.29 is 14.4 Å². The van der Waals surface area contributed by atoms with E-state index in [1.165, 1.54) is 0 Å². The molecule has 1 N–H and O–H groups in total. The minimum absolute atomic E-state index is 0.163. The molecular formula is C13H22N2O3. The first-order chi connectivity index (χ1) is 8.59. The van der Waals surface area contributed by atoms with Crippen LogP contribution in [0.2, 0.25) is 0 Å². The molecule has 102 valence electrons. The van der Waals surface area contributed by atoms with Gasteiger partial charge in [0.25, 0.3) is 0 Å². The van der Waals surface area contributed by atoms with Crippen LogP contribution in [0.15, 0.2) is 4.52 Å². The molecule has 1 aliphatic carbocycles. The topological polar surface area (TPSA) is 68.4 Å². The van der Waals surface area contributed by atoms with E-state index in [0.29, 0.717) is 11.7 Å². The Morgan fingerprint density at radius 1 is 1.39 bits per heavy atom. The minimum atomic E-state index is -0.476. The monoisotopic (exact) mass is 254 g/mol. The average molecular weight is 254 g/mol. The first-order valence-electron chi connectivity index (χ1n) is 6.66. The van der Waals surface area contributed by atoms with E-state index in [4.69, 9.17) is 9.26 Å². The molecule has 1 aliphatic rings. The number of rotatable bonds is 4. The Morgan fingerprint density at radius 3 is 2.61 bits per heavy atom. The first-order valence-corrected chi connectivity index (χ1v) is 6.66. The predicted octanol–water partition coefficient (Wildman–Crippen LogP) is 2.36. The lowest BCUT2D eigenvalue weighted by Crippen LogP contribution is -2.25. The molecule has 0 aliphatic heterocycles. The standard InChI is InChI=1S/C13H22N2O3/c1-4-13(2,17-3)12-14-11(18-15-12)9-5-7-10(16)8-6-9/h9-10,16H,4-8H2,1-3H3. The van der Waals surface area contributed by atoms with E-state index in [1.807, 2.05) is 13.8 Å². The summed E-state index contributed by atoms with van der Waals surface area (Å²) in [6, 6.07) is 0. The van der Waals surface area contributed by atoms with Crippen molar-refractivity contribution in [1.29, 1.82) is 0 Å². The van der Waals surface area contributed by atoms with E-state index in [9.17, 15) is 5.11 Å². The fraction of sp³-hybridized carbons (Fsp3) is 0.846. The summed E-state index contributed by atoms with van der Waals surface area (Å²) in [4.78, 5) is 4.49. The maximum absolute atomic E-state index is 9.50. The van der Waals surface area contributed by atoms with Crippen LogP contribution in [0.25, 0.3) is 0 Å². The second kappa shape index (κ2) is 5.36. The fourth-order valence-corrected chi connectivity index (χ4v) is 2.33. The molecule has 1 fully saturated rings. The molecule has 5 nitrogen and oxygen atoms in total. The van der Waals surface area contributed by atoms with Crippen LogP contribution < -0.4 is 0 Å². The Morgan fingerprint density at radius 2 is 2.06 bits per heavy atom. The van der Waals surface area contributed by atoms with Gasteiger partial charge in [0.05, 0.1) is 6.10 Å². The third kappa shape index (κ3) is 2.57. The summed E-state index contributed by atoms with van der Waals surface area (Å²) >= 11 is 0. The predicted molar refractivity (Wildman–Crippen MR) is 66.2 cm³/mol. The molecule has 1 saturated carbocycles. The van der Waals surface area contributed by atoms with Crippen molar-refractivity contribution in [3.8, 4) is 0 Å². The number of aromatic nitrogens is 2. The van der Waals surface area contributed by atoms with Gasteiger partial charge in [-0.05, 0) is 39.0 Å². The van der Waals surface area contributed by atoms with Crippen molar-refractivity contribution in [2.45, 2.75) is 63.6 Å². The number of methoxy groups -OCH3 is 1. The SMILES string of the molecule is CCC(C)(OC)c1noc(C2CCC(O)CC2)n1. The molecule has 0 saturated heterocycles. The van der Waals surface area contributed by atoms with Crippen LogP contribution >= 0.6 is 0 Å². The Bertz CT molecular complexity index is 379. The first kappa shape index (κ1) is 13.5. The number of aliphatic hydroxyl groups excluding tert-OH is 1. The van der Waals surface area contributed by atoms with Gasteiger partial charge in [-0.15, -0.1) is 0 Å². The van der Waals surface area contributed by atoms with E-state index in [0.717, 1.165) is 32.1 Å². The highest BCUT2D eigenvalue weighted by Gasteiger charge is 2.32. The molecule has 1 atom stereocenters. The highest BCUT2D eigenvalue weighted by Crippen LogP contribution is 2.33. The molecule has 2 rings (SSSR count). The van der Waals surface area contributed by atoms with Crippen LogP contribution in [0.5, 0.6) is 0 Å². The van der Waals surface area contributed by atoms with E-state index in [2.05, 4.69) is 10.1 Å². The summed E-state index contributed by atoms with van der Waals surface area (Å²) < 4.78 is 10.8. The molecule has 1 unspecified atom stereocenters. The Kier molecular flexibility index (Phi) is 4.02. The Labute approximate surface area is 108 Å². The normalized spacial score (nSPS) is 28.0. The maximum atomic E-state index is 9.50. The molecule has 5 heteroatoms. The van der Waals surface area contributed by atoms with Crippen LogP contribution in [0.1, 0.15) is 63.6 Å². The van der Waals surface area contributed by atoms with E-state index in [1.54, 1.807) is 7.11 Å². The fourth-order valence-electron chi connectivity index (χ4n) is 2.33. The van der Waals surface area contributed by atoms with Gasteiger partial charge in [-0.2, -0.15) is 4.98 Å². The number of nitrogens with zero attached hydrogens (tertiary/aromatic N) is 2. The molecule has 1 aromatic rings. The van der Waals surface area contributed by atoms with Crippen molar-refractivity contribution in [1.82, 2.24) is 10.1 Å². The van der Waals surface area contributed by atoms with Gasteiger partial charge in [-0.1, -0.05) is 12.1 Å². The van der Waals surface area contributed by atoms with Gasteiger partial charge in [0.1, 0.15) is 5.60 Å². The molecule has 1 aromatic heterocycles. The van der Waals surface area contributed by atoms with Crippen molar-refractivity contribution in [3.63, 3.8) is 0 Å². The molecule has 0 spiro atoms. The summed E-state index contributed by atoms with van der Waals surface area (Å²) in [5.41, 5.74) is -0.476. The Hall–Kier alpha value is -0.940. The smallest absolute Gasteiger partial charge is 0.229 e. The number of aliphatic hydroxyl groups is 1. The van der Waals surface area contributed by atoms with Gasteiger partial charge < -0.3 is 14.4 Å². The molecule has 0 amide bonds. The zero-order chi connectivity index (χ0) is 13.2. The minimum Gasteiger partial charge on any atom is -0.393 e. The van der Waals surface area contributed by atoms with Crippen LogP contribution in [0, 0.1) is 0 Å². The van der Waals surface area contributed by atoms with Crippen LogP contribution in [-0.4, -0.2) is 28.5 Å². The summed E-state index contributed by atoms with van der Waals surface area (Å²) in [7, 11) is 1.66. The van der Waals surface area contributed by atoms with Crippen LogP contribution in [-0.2, 0) is 10.3 Å². The van der Waals surface area contributed by atoms with Crippen LogP contribution in [0.4, 0.5) is 0 Å². The highest BCUT2D eigenvalue weighted by atomic mass is 16.5. The van der Waals surface area contributed by atoms with Gasteiger partial charge in [0.15, 0.2) is 0 Å². The van der Waals surface area contributed by atoms with Crippen molar-refractivity contribution in [2.75, 3.05) is 7.11 Å². The van der Waals surface area contributed by atoms with E-state index in [-0.39, 0.29) is 12.0 Å². The molecule has 1 heterocycles. The summed E-state index contributed by atoms with van der Waals surface area (Å²) in [5, 5.41) is 13.5. The lowest BCUT2D eigenvalue weighted by atomic mass is 9.87. The lowest BCUT2D eigenvalue weighted by molar-refractivity contribution is -0.0106. The van der Waals surface area contributed by atoms with Crippen molar-refractivity contribution in [3.05, 3.63) is 11.7 Å². The van der Waals surface area contributed by atoms with E-state index >= 15 is 0 Å². The van der Waals surface area contributed by atoms with Gasteiger partial charge >= 0.3 is 0 Å². The number of ether oxygens (including phenoxy) is 1. The Balaban J connectivity index is 2.10. The molecule has 18 heavy (non-hydrogen) atoms. The molecular weight excluding hydrogens is 232 g/mol. The number of hydrogen-bond acceptors (Lipinski definition) is 5. The largest absolute Gasteiger partial charge is 0.393 e. The summed E-state index contributed by atoms with van der Waals surface area (Å²) in [6.45, 7) is 4.00. The number of hydrogen-bond donors (Lipinski definition) is 1. The lowest BCUT2D eigenvalue weighted by Gasteiger charge is -2.23. The van der Waals surface area contributed by atoms with Gasteiger partial charge in [-0.3, -0.25) is 0 Å². The zero-order valence-corrected chi connectivity index (χ0v) is 11.3.